The van der Waals surface area contributed by atoms with Crippen LogP contribution in [-0.2, 0) is 0 Å². The highest BCUT2D eigenvalue weighted by molar-refractivity contribution is 7.09. The van der Waals surface area contributed by atoms with Gasteiger partial charge in [-0.25, -0.2) is 4.98 Å². The highest BCUT2D eigenvalue weighted by Gasteiger charge is 2.13. The topological polar surface area (TPSA) is 50.9 Å². The molecule has 0 bridgehead atoms. The van der Waals surface area contributed by atoms with E-state index in [-0.39, 0.29) is 6.04 Å². The van der Waals surface area contributed by atoms with E-state index in [1.54, 1.807) is 23.5 Å². The molecule has 1 atom stereocenters. The van der Waals surface area contributed by atoms with Crippen molar-refractivity contribution in [3.8, 4) is 0 Å². The number of hydrogen-bond donors (Lipinski definition) is 2. The monoisotopic (exact) mass is 267 g/mol. The largest absolute Gasteiger partial charge is 0.397 e. The van der Waals surface area contributed by atoms with E-state index >= 15 is 0 Å². The summed E-state index contributed by atoms with van der Waals surface area (Å²) in [5.74, 6) is 0. The Bertz CT molecular complexity index is 485. The van der Waals surface area contributed by atoms with Gasteiger partial charge in [0.2, 0.25) is 0 Å². The van der Waals surface area contributed by atoms with Crippen LogP contribution in [-0.4, -0.2) is 4.98 Å². The third-order valence-electron chi connectivity index (χ3n) is 2.50. The van der Waals surface area contributed by atoms with Gasteiger partial charge < -0.3 is 11.1 Å². The number of nitrogens with one attached hydrogen (secondary N) is 1. The van der Waals surface area contributed by atoms with Gasteiger partial charge in [0.15, 0.2) is 0 Å². The number of nitrogen functional groups attached to an aromatic ring is 1. The first-order valence-electron chi connectivity index (χ1n) is 5.41. The molecule has 0 saturated heterocycles. The number of benzene rings is 1. The molecule has 2 aromatic rings. The molecule has 5 heteroatoms. The van der Waals surface area contributed by atoms with Crippen molar-refractivity contribution in [3.63, 3.8) is 0 Å². The predicted molar refractivity (Wildman–Crippen MR) is 74.6 cm³/mol. The lowest BCUT2D eigenvalue weighted by Crippen LogP contribution is -2.10. The van der Waals surface area contributed by atoms with Crippen LogP contribution in [0.3, 0.4) is 0 Å². The van der Waals surface area contributed by atoms with E-state index in [4.69, 9.17) is 17.3 Å². The van der Waals surface area contributed by atoms with Gasteiger partial charge in [0, 0.05) is 16.6 Å². The molecular formula is C12H14ClN3S. The van der Waals surface area contributed by atoms with Crippen LogP contribution in [0.25, 0.3) is 0 Å². The molecular weight excluding hydrogens is 254 g/mol. The standard InChI is InChI=1S/C12H14ClN3S/c1-2-10(12-15-5-6-17-12)16-11-7-8(13)3-4-9(11)14/h3-7,10,16H,2,14H2,1H3. The van der Waals surface area contributed by atoms with Crippen LogP contribution in [0.2, 0.25) is 5.02 Å². The number of aromatic nitrogens is 1. The van der Waals surface area contributed by atoms with Crippen molar-refractivity contribution in [2.75, 3.05) is 11.1 Å². The highest BCUT2D eigenvalue weighted by Crippen LogP contribution is 2.29. The minimum absolute atomic E-state index is 0.177. The molecule has 0 amide bonds. The van der Waals surface area contributed by atoms with Crippen molar-refractivity contribution >= 4 is 34.3 Å². The van der Waals surface area contributed by atoms with Crippen LogP contribution >= 0.6 is 22.9 Å². The summed E-state index contributed by atoms with van der Waals surface area (Å²) in [5.41, 5.74) is 7.47. The van der Waals surface area contributed by atoms with Gasteiger partial charge in [0.05, 0.1) is 17.4 Å². The average molecular weight is 268 g/mol. The Labute approximate surface area is 110 Å². The lowest BCUT2D eigenvalue weighted by atomic mass is 10.2. The van der Waals surface area contributed by atoms with E-state index in [2.05, 4.69) is 17.2 Å². The summed E-state index contributed by atoms with van der Waals surface area (Å²) in [5, 5.41) is 7.09. The zero-order valence-corrected chi connectivity index (χ0v) is 11.1. The fourth-order valence-electron chi connectivity index (χ4n) is 1.59. The first-order valence-corrected chi connectivity index (χ1v) is 6.67. The second kappa shape index (κ2) is 5.38. The Balaban J connectivity index is 2.21. The number of nitrogens with two attached hydrogens (primary N) is 1. The maximum atomic E-state index is 5.96. The van der Waals surface area contributed by atoms with Crippen molar-refractivity contribution in [2.45, 2.75) is 19.4 Å². The second-order valence-electron chi connectivity index (χ2n) is 3.71. The molecule has 1 heterocycles. The Morgan fingerprint density at radius 2 is 2.35 bits per heavy atom. The van der Waals surface area contributed by atoms with Crippen LogP contribution in [0.5, 0.6) is 0 Å². The van der Waals surface area contributed by atoms with Crippen molar-refractivity contribution < 1.29 is 0 Å². The summed E-state index contributed by atoms with van der Waals surface area (Å²) in [4.78, 5) is 4.32. The van der Waals surface area contributed by atoms with Crippen LogP contribution in [0.15, 0.2) is 29.8 Å². The number of thiazole rings is 1. The molecule has 0 saturated carbocycles. The van der Waals surface area contributed by atoms with Gasteiger partial charge in [-0.3, -0.25) is 0 Å². The Morgan fingerprint density at radius 3 is 3.00 bits per heavy atom. The van der Waals surface area contributed by atoms with E-state index in [1.807, 2.05) is 17.6 Å². The van der Waals surface area contributed by atoms with Crippen LogP contribution in [0.1, 0.15) is 24.4 Å². The molecule has 90 valence electrons. The van der Waals surface area contributed by atoms with Crippen LogP contribution in [0, 0.1) is 0 Å². The molecule has 0 aliphatic carbocycles. The molecule has 1 unspecified atom stereocenters. The summed E-state index contributed by atoms with van der Waals surface area (Å²) in [7, 11) is 0. The highest BCUT2D eigenvalue weighted by atomic mass is 35.5. The fraction of sp³-hybridized carbons (Fsp3) is 0.250. The zero-order valence-electron chi connectivity index (χ0n) is 9.48. The minimum atomic E-state index is 0.177. The minimum Gasteiger partial charge on any atom is -0.397 e. The quantitative estimate of drug-likeness (QED) is 0.825. The second-order valence-corrected chi connectivity index (χ2v) is 5.07. The third kappa shape index (κ3) is 2.90. The predicted octanol–water partition coefficient (Wildman–Crippen LogP) is 3.94. The van der Waals surface area contributed by atoms with E-state index in [0.29, 0.717) is 10.7 Å². The van der Waals surface area contributed by atoms with Crippen molar-refractivity contribution in [2.24, 2.45) is 0 Å². The molecule has 1 aromatic carbocycles. The summed E-state index contributed by atoms with van der Waals surface area (Å²) < 4.78 is 0. The number of halogens is 1. The molecule has 1 aromatic heterocycles. The molecule has 2 rings (SSSR count). The first-order chi connectivity index (χ1) is 8.20. The maximum Gasteiger partial charge on any atom is 0.115 e. The van der Waals surface area contributed by atoms with Gasteiger partial charge in [-0.15, -0.1) is 11.3 Å². The van der Waals surface area contributed by atoms with E-state index < -0.39 is 0 Å². The smallest absolute Gasteiger partial charge is 0.115 e. The Kier molecular flexibility index (Phi) is 3.86. The van der Waals surface area contributed by atoms with Crippen molar-refractivity contribution in [1.29, 1.82) is 0 Å². The SMILES string of the molecule is CCC(Nc1cc(Cl)ccc1N)c1nccs1. The summed E-state index contributed by atoms with van der Waals surface area (Å²) in [6, 6.07) is 5.61. The van der Waals surface area contributed by atoms with E-state index in [1.165, 1.54) is 0 Å². The van der Waals surface area contributed by atoms with Gasteiger partial charge in [0.25, 0.3) is 0 Å². The molecule has 0 aliphatic heterocycles. The van der Waals surface area contributed by atoms with Crippen molar-refractivity contribution in [1.82, 2.24) is 4.98 Å². The molecule has 0 aliphatic rings. The molecule has 0 fully saturated rings. The van der Waals surface area contributed by atoms with Gasteiger partial charge in [0.1, 0.15) is 5.01 Å². The van der Waals surface area contributed by atoms with Crippen LogP contribution < -0.4 is 11.1 Å². The third-order valence-corrected chi connectivity index (χ3v) is 3.63. The average Bonchev–Trinajstić information content (AvgIpc) is 2.84. The Hall–Kier alpha value is -1.26. The summed E-state index contributed by atoms with van der Waals surface area (Å²) >= 11 is 7.60. The normalized spacial score (nSPS) is 12.4. The van der Waals surface area contributed by atoms with Gasteiger partial charge in [-0.05, 0) is 24.6 Å². The molecule has 0 spiro atoms. The van der Waals surface area contributed by atoms with Gasteiger partial charge >= 0.3 is 0 Å². The molecule has 3 N–H and O–H groups in total. The zero-order chi connectivity index (χ0) is 12.3. The Morgan fingerprint density at radius 1 is 1.53 bits per heavy atom. The number of anilines is 2. The molecule has 3 nitrogen and oxygen atoms in total. The summed E-state index contributed by atoms with van der Waals surface area (Å²) in [6.07, 6.45) is 2.76. The molecule has 0 radical (unpaired) electrons. The van der Waals surface area contributed by atoms with Gasteiger partial charge in [-0.2, -0.15) is 0 Å². The number of rotatable bonds is 4. The number of nitrogens with zero attached hydrogens (tertiary/aromatic N) is 1. The van der Waals surface area contributed by atoms with Crippen LogP contribution in [0.4, 0.5) is 11.4 Å². The lowest BCUT2D eigenvalue weighted by Gasteiger charge is -2.17. The fourth-order valence-corrected chi connectivity index (χ4v) is 2.53. The number of hydrogen-bond acceptors (Lipinski definition) is 4. The maximum absolute atomic E-state index is 5.96. The van der Waals surface area contributed by atoms with E-state index in [0.717, 1.165) is 17.1 Å². The summed E-state index contributed by atoms with van der Waals surface area (Å²) in [6.45, 7) is 2.11. The lowest BCUT2D eigenvalue weighted by molar-refractivity contribution is 0.742. The van der Waals surface area contributed by atoms with Gasteiger partial charge in [-0.1, -0.05) is 18.5 Å². The first kappa shape index (κ1) is 12.2. The molecule has 17 heavy (non-hydrogen) atoms. The van der Waals surface area contributed by atoms with E-state index in [9.17, 15) is 0 Å². The van der Waals surface area contributed by atoms with Crippen molar-refractivity contribution in [3.05, 3.63) is 39.8 Å².